The maximum atomic E-state index is 14.6. The van der Waals surface area contributed by atoms with Gasteiger partial charge in [0.05, 0.1) is 4.90 Å². The highest BCUT2D eigenvalue weighted by Crippen LogP contribution is 2.42. The van der Waals surface area contributed by atoms with E-state index in [0.29, 0.717) is 23.7 Å². The number of halogens is 2. The minimum absolute atomic E-state index is 0.00195. The third kappa shape index (κ3) is 4.50. The van der Waals surface area contributed by atoms with Crippen molar-refractivity contribution in [2.24, 2.45) is 5.73 Å². The van der Waals surface area contributed by atoms with Crippen molar-refractivity contribution in [2.75, 3.05) is 0 Å². The SMILES string of the molecule is CCn1cc(-c2ccncc2)c(-c2c(S(=O)(=O)c3cc(F)ccc3F)ccc(OC(N)=O)c2C)n1. The van der Waals surface area contributed by atoms with Crippen molar-refractivity contribution >= 4 is 15.9 Å². The molecule has 4 rings (SSSR count). The lowest BCUT2D eigenvalue weighted by Crippen LogP contribution is -2.17. The van der Waals surface area contributed by atoms with Gasteiger partial charge in [-0.3, -0.25) is 9.67 Å². The number of benzene rings is 2. The van der Waals surface area contributed by atoms with E-state index in [2.05, 4.69) is 10.1 Å². The number of hydrogen-bond donors (Lipinski definition) is 1. The molecule has 2 aromatic carbocycles. The van der Waals surface area contributed by atoms with Gasteiger partial charge in [0.1, 0.15) is 28.0 Å². The summed E-state index contributed by atoms with van der Waals surface area (Å²) >= 11 is 0. The number of carbonyl (C=O) groups excluding carboxylic acids is 1. The number of ether oxygens (including phenoxy) is 1. The second kappa shape index (κ2) is 9.26. The van der Waals surface area contributed by atoms with Crippen LogP contribution in [0.25, 0.3) is 22.4 Å². The van der Waals surface area contributed by atoms with Crippen LogP contribution in [0, 0.1) is 18.6 Å². The molecule has 0 spiro atoms. The first-order chi connectivity index (χ1) is 16.6. The Morgan fingerprint density at radius 2 is 1.80 bits per heavy atom. The van der Waals surface area contributed by atoms with E-state index in [1.54, 1.807) is 35.4 Å². The molecule has 0 saturated carbocycles. The van der Waals surface area contributed by atoms with E-state index < -0.39 is 32.5 Å². The van der Waals surface area contributed by atoms with Crippen LogP contribution in [-0.4, -0.2) is 29.3 Å². The van der Waals surface area contributed by atoms with E-state index in [4.69, 9.17) is 10.5 Å². The number of rotatable bonds is 6. The molecule has 0 radical (unpaired) electrons. The molecule has 180 valence electrons. The highest BCUT2D eigenvalue weighted by Gasteiger charge is 2.30. The number of aromatic nitrogens is 3. The predicted octanol–water partition coefficient (Wildman–Crippen LogP) is 4.51. The van der Waals surface area contributed by atoms with Crippen LogP contribution in [0.2, 0.25) is 0 Å². The van der Waals surface area contributed by atoms with Gasteiger partial charge in [-0.15, -0.1) is 0 Å². The Balaban J connectivity index is 2.08. The fraction of sp³-hybridized carbons (Fsp3) is 0.125. The van der Waals surface area contributed by atoms with Crippen molar-refractivity contribution in [3.63, 3.8) is 0 Å². The normalized spacial score (nSPS) is 11.4. The molecule has 35 heavy (non-hydrogen) atoms. The van der Waals surface area contributed by atoms with Gasteiger partial charge >= 0.3 is 6.09 Å². The van der Waals surface area contributed by atoms with Gasteiger partial charge in [0.2, 0.25) is 9.84 Å². The van der Waals surface area contributed by atoms with E-state index in [1.165, 1.54) is 13.0 Å². The lowest BCUT2D eigenvalue weighted by molar-refractivity contribution is 0.210. The zero-order valence-corrected chi connectivity index (χ0v) is 19.5. The van der Waals surface area contributed by atoms with Crippen LogP contribution in [0.4, 0.5) is 13.6 Å². The molecule has 4 aromatic rings. The molecule has 11 heteroatoms. The molecule has 0 aliphatic rings. The molecule has 0 aliphatic carbocycles. The molecule has 1 amide bonds. The fourth-order valence-electron chi connectivity index (χ4n) is 3.72. The van der Waals surface area contributed by atoms with Gasteiger partial charge in [0.15, 0.2) is 0 Å². The number of primary amides is 1. The molecule has 0 atom stereocenters. The molecule has 2 aromatic heterocycles. The molecule has 2 heterocycles. The Labute approximate surface area is 199 Å². The molecular formula is C24H20F2N4O4S. The minimum atomic E-state index is -4.58. The second-order valence-electron chi connectivity index (χ2n) is 7.54. The fourth-order valence-corrected chi connectivity index (χ4v) is 5.31. The third-order valence-electron chi connectivity index (χ3n) is 5.37. The van der Waals surface area contributed by atoms with E-state index in [0.717, 1.165) is 18.2 Å². The highest BCUT2D eigenvalue weighted by atomic mass is 32.2. The summed E-state index contributed by atoms with van der Waals surface area (Å²) in [5, 5.41) is 4.56. The number of amides is 1. The first kappa shape index (κ1) is 24.0. The molecule has 0 unspecified atom stereocenters. The van der Waals surface area contributed by atoms with Gasteiger partial charge < -0.3 is 10.5 Å². The number of sulfone groups is 1. The van der Waals surface area contributed by atoms with Crippen LogP contribution in [-0.2, 0) is 16.4 Å². The van der Waals surface area contributed by atoms with Crippen LogP contribution in [0.15, 0.2) is 70.8 Å². The topological polar surface area (TPSA) is 117 Å². The summed E-state index contributed by atoms with van der Waals surface area (Å²) in [7, 11) is -4.58. The van der Waals surface area contributed by atoms with Crippen molar-refractivity contribution in [3.8, 4) is 28.1 Å². The average molecular weight is 499 g/mol. The maximum Gasteiger partial charge on any atom is 0.409 e. The lowest BCUT2D eigenvalue weighted by atomic mass is 9.98. The highest BCUT2D eigenvalue weighted by molar-refractivity contribution is 7.91. The van der Waals surface area contributed by atoms with Crippen LogP contribution in [0.5, 0.6) is 5.75 Å². The number of carbonyl (C=O) groups is 1. The summed E-state index contributed by atoms with van der Waals surface area (Å²) in [6.45, 7) is 3.84. The predicted molar refractivity (Wildman–Crippen MR) is 123 cm³/mol. The van der Waals surface area contributed by atoms with Gasteiger partial charge in [-0.1, -0.05) is 0 Å². The Morgan fingerprint density at radius 1 is 1.09 bits per heavy atom. The zero-order valence-electron chi connectivity index (χ0n) is 18.7. The molecule has 0 saturated heterocycles. The standard InChI is InChI=1S/C24H20F2N4O4S/c1-3-30-13-17(15-8-10-28-11-9-15)23(29-30)22-14(2)19(34-24(27)31)6-7-20(22)35(32,33)21-12-16(25)4-5-18(21)26/h4-13H,3H2,1-2H3,(H2,27,31). The molecule has 0 fully saturated rings. The monoisotopic (exact) mass is 498 g/mol. The quantitative estimate of drug-likeness (QED) is 0.418. The van der Waals surface area contributed by atoms with Gasteiger partial charge in [0, 0.05) is 41.8 Å². The molecule has 0 bridgehead atoms. The minimum Gasteiger partial charge on any atom is -0.410 e. The van der Waals surface area contributed by atoms with Crippen molar-refractivity contribution in [1.82, 2.24) is 14.8 Å². The number of nitrogens with two attached hydrogens (primary N) is 1. The van der Waals surface area contributed by atoms with Gasteiger partial charge in [0.25, 0.3) is 0 Å². The molecular weight excluding hydrogens is 478 g/mol. The van der Waals surface area contributed by atoms with Crippen LogP contribution < -0.4 is 10.5 Å². The van der Waals surface area contributed by atoms with E-state index in [1.807, 2.05) is 6.92 Å². The van der Waals surface area contributed by atoms with Gasteiger partial charge in [-0.2, -0.15) is 5.10 Å². The van der Waals surface area contributed by atoms with Crippen molar-refractivity contribution < 1.29 is 26.7 Å². The third-order valence-corrected chi connectivity index (χ3v) is 7.18. The largest absolute Gasteiger partial charge is 0.410 e. The summed E-state index contributed by atoms with van der Waals surface area (Å²) in [5.74, 6) is -2.02. The number of hydrogen-bond acceptors (Lipinski definition) is 6. The molecule has 0 aliphatic heterocycles. The second-order valence-corrected chi connectivity index (χ2v) is 9.43. The van der Waals surface area contributed by atoms with Crippen LogP contribution >= 0.6 is 0 Å². The van der Waals surface area contributed by atoms with E-state index in [-0.39, 0.29) is 27.5 Å². The van der Waals surface area contributed by atoms with Crippen LogP contribution in [0.3, 0.4) is 0 Å². The Kier molecular flexibility index (Phi) is 6.35. The first-order valence-corrected chi connectivity index (χ1v) is 11.9. The number of aryl methyl sites for hydroxylation is 1. The summed E-state index contributed by atoms with van der Waals surface area (Å²) in [5.41, 5.74) is 6.95. The molecule has 2 N–H and O–H groups in total. The van der Waals surface area contributed by atoms with Gasteiger partial charge in [-0.05, 0) is 61.9 Å². The molecule has 8 nitrogen and oxygen atoms in total. The van der Waals surface area contributed by atoms with Crippen molar-refractivity contribution in [1.29, 1.82) is 0 Å². The summed E-state index contributed by atoms with van der Waals surface area (Å²) < 4.78 is 62.4. The Hall–Kier alpha value is -4.12. The lowest BCUT2D eigenvalue weighted by Gasteiger charge is -2.16. The van der Waals surface area contributed by atoms with E-state index in [9.17, 15) is 22.0 Å². The van der Waals surface area contributed by atoms with Crippen molar-refractivity contribution in [2.45, 2.75) is 30.2 Å². The maximum absolute atomic E-state index is 14.6. The number of nitrogens with zero attached hydrogens (tertiary/aromatic N) is 3. The number of pyridine rings is 1. The van der Waals surface area contributed by atoms with Crippen LogP contribution in [0.1, 0.15) is 12.5 Å². The average Bonchev–Trinajstić information content (AvgIpc) is 3.26. The Bertz CT molecular complexity index is 1540. The first-order valence-electron chi connectivity index (χ1n) is 10.4. The summed E-state index contributed by atoms with van der Waals surface area (Å²) in [6, 6.07) is 8.02. The summed E-state index contributed by atoms with van der Waals surface area (Å²) in [4.78, 5) is 14.3. The zero-order chi connectivity index (χ0) is 25.3. The van der Waals surface area contributed by atoms with E-state index >= 15 is 0 Å². The smallest absolute Gasteiger partial charge is 0.409 e. The van der Waals surface area contributed by atoms with Crippen molar-refractivity contribution in [3.05, 3.63) is 78.3 Å². The summed E-state index contributed by atoms with van der Waals surface area (Å²) in [6.07, 6.45) is 3.77. The van der Waals surface area contributed by atoms with Gasteiger partial charge in [-0.25, -0.2) is 22.0 Å². The Morgan fingerprint density at radius 3 is 2.46 bits per heavy atom.